The molecular formula is C19H17BrN2O5S2. The third-order valence-corrected chi connectivity index (χ3v) is 6.78. The first-order chi connectivity index (χ1) is 13.9. The standard InChI is InChI=1S/C19H17BrN2O5S2/c20-14-6-8-16(9-7-14)29(25,26)22-17(10-23)19(24)27-11-15-12-28-18(21-15)13-4-2-1-3-5-13/h1-9,12,17,22-23H,10-11H2/t17-/m1/s1. The number of rotatable bonds is 8. The van der Waals surface area contributed by atoms with Crippen molar-refractivity contribution >= 4 is 43.3 Å². The molecule has 0 amide bonds. The summed E-state index contributed by atoms with van der Waals surface area (Å²) < 4.78 is 32.8. The fraction of sp³-hybridized carbons (Fsp3) is 0.158. The highest BCUT2D eigenvalue weighted by Crippen LogP contribution is 2.23. The second kappa shape index (κ2) is 9.59. The Hall–Kier alpha value is -2.11. The van der Waals surface area contributed by atoms with Crippen molar-refractivity contribution in [1.29, 1.82) is 0 Å². The molecule has 10 heteroatoms. The molecule has 1 atom stereocenters. The van der Waals surface area contributed by atoms with Gasteiger partial charge in [-0.3, -0.25) is 4.79 Å². The van der Waals surface area contributed by atoms with Gasteiger partial charge in [-0.15, -0.1) is 11.3 Å². The van der Waals surface area contributed by atoms with E-state index >= 15 is 0 Å². The van der Waals surface area contributed by atoms with Gasteiger partial charge in [0.25, 0.3) is 0 Å². The highest BCUT2D eigenvalue weighted by Gasteiger charge is 2.26. The zero-order valence-electron chi connectivity index (χ0n) is 15.0. The molecule has 3 rings (SSSR count). The molecule has 0 aliphatic heterocycles. The normalized spacial score (nSPS) is 12.5. The molecular weight excluding hydrogens is 480 g/mol. The fourth-order valence-corrected chi connectivity index (χ4v) is 4.61. The van der Waals surface area contributed by atoms with Crippen LogP contribution in [0.2, 0.25) is 0 Å². The van der Waals surface area contributed by atoms with E-state index in [0.717, 1.165) is 10.6 Å². The second-order valence-corrected chi connectivity index (χ2v) is 9.42. The van der Waals surface area contributed by atoms with Crippen molar-refractivity contribution in [2.45, 2.75) is 17.5 Å². The van der Waals surface area contributed by atoms with E-state index in [1.54, 1.807) is 17.5 Å². The predicted molar refractivity (Wildman–Crippen MR) is 113 cm³/mol. The fourth-order valence-electron chi connectivity index (χ4n) is 2.36. The van der Waals surface area contributed by atoms with E-state index in [2.05, 4.69) is 25.6 Å². The summed E-state index contributed by atoms with van der Waals surface area (Å²) >= 11 is 4.63. The van der Waals surface area contributed by atoms with E-state index in [4.69, 9.17) is 4.74 Å². The number of sulfonamides is 1. The number of carbonyl (C=O) groups excluding carboxylic acids is 1. The maximum atomic E-state index is 12.4. The van der Waals surface area contributed by atoms with Gasteiger partial charge in [0.1, 0.15) is 17.7 Å². The minimum Gasteiger partial charge on any atom is -0.458 e. The Labute approximate surface area is 180 Å². The zero-order chi connectivity index (χ0) is 20.9. The molecule has 2 aromatic carbocycles. The average Bonchev–Trinajstić information content (AvgIpc) is 3.20. The van der Waals surface area contributed by atoms with Gasteiger partial charge < -0.3 is 9.84 Å². The molecule has 0 saturated carbocycles. The van der Waals surface area contributed by atoms with Crippen LogP contribution >= 0.6 is 27.3 Å². The molecule has 29 heavy (non-hydrogen) atoms. The van der Waals surface area contributed by atoms with Crippen molar-refractivity contribution in [1.82, 2.24) is 9.71 Å². The van der Waals surface area contributed by atoms with E-state index in [1.807, 2.05) is 30.3 Å². The number of esters is 1. The number of ether oxygens (including phenoxy) is 1. The van der Waals surface area contributed by atoms with E-state index < -0.39 is 28.6 Å². The molecule has 0 bridgehead atoms. The molecule has 0 unspecified atom stereocenters. The number of nitrogens with one attached hydrogen (secondary N) is 1. The largest absolute Gasteiger partial charge is 0.458 e. The van der Waals surface area contributed by atoms with Gasteiger partial charge in [0.15, 0.2) is 0 Å². The molecule has 0 aliphatic carbocycles. The van der Waals surface area contributed by atoms with E-state index in [9.17, 15) is 18.3 Å². The summed E-state index contributed by atoms with van der Waals surface area (Å²) in [6.45, 7) is -0.862. The van der Waals surface area contributed by atoms with E-state index in [1.165, 1.54) is 23.5 Å². The van der Waals surface area contributed by atoms with Crippen LogP contribution in [-0.2, 0) is 26.2 Å². The molecule has 152 valence electrons. The molecule has 0 saturated heterocycles. The summed E-state index contributed by atoms with van der Waals surface area (Å²) in [4.78, 5) is 16.6. The van der Waals surface area contributed by atoms with Crippen LogP contribution in [0.25, 0.3) is 10.6 Å². The van der Waals surface area contributed by atoms with Gasteiger partial charge >= 0.3 is 5.97 Å². The smallest absolute Gasteiger partial charge is 0.326 e. The molecule has 0 radical (unpaired) electrons. The Morgan fingerprint density at radius 1 is 1.17 bits per heavy atom. The van der Waals surface area contributed by atoms with Crippen molar-refractivity contribution in [3.05, 3.63) is 70.1 Å². The first-order valence-electron chi connectivity index (χ1n) is 8.44. The highest BCUT2D eigenvalue weighted by atomic mass is 79.9. The summed E-state index contributed by atoms with van der Waals surface area (Å²) in [7, 11) is -3.99. The Morgan fingerprint density at radius 2 is 1.86 bits per heavy atom. The highest BCUT2D eigenvalue weighted by molar-refractivity contribution is 9.10. The van der Waals surface area contributed by atoms with Gasteiger partial charge in [0, 0.05) is 15.4 Å². The maximum absolute atomic E-state index is 12.4. The summed E-state index contributed by atoms with van der Waals surface area (Å²) in [6, 6.07) is 14.0. The number of hydrogen-bond acceptors (Lipinski definition) is 7. The molecule has 1 aromatic heterocycles. The van der Waals surface area contributed by atoms with Crippen LogP contribution in [0, 0.1) is 0 Å². The second-order valence-electron chi connectivity index (χ2n) is 5.93. The van der Waals surface area contributed by atoms with Crippen LogP contribution in [0.4, 0.5) is 0 Å². The Morgan fingerprint density at radius 3 is 2.52 bits per heavy atom. The average molecular weight is 497 g/mol. The number of nitrogens with zero attached hydrogens (tertiary/aromatic N) is 1. The van der Waals surface area contributed by atoms with Crippen molar-refractivity contribution in [3.8, 4) is 10.6 Å². The number of hydrogen-bond donors (Lipinski definition) is 2. The first kappa shape index (κ1) is 21.6. The molecule has 3 aromatic rings. The Bertz CT molecular complexity index is 1070. The van der Waals surface area contributed by atoms with E-state index in [0.29, 0.717) is 10.2 Å². The van der Waals surface area contributed by atoms with Gasteiger partial charge in [-0.2, -0.15) is 4.72 Å². The number of carbonyl (C=O) groups is 1. The minimum absolute atomic E-state index is 0.0287. The summed E-state index contributed by atoms with van der Waals surface area (Å²) in [5.41, 5.74) is 1.49. The van der Waals surface area contributed by atoms with Crippen LogP contribution in [0.5, 0.6) is 0 Å². The monoisotopic (exact) mass is 496 g/mol. The van der Waals surface area contributed by atoms with Crippen LogP contribution < -0.4 is 4.72 Å². The molecule has 0 fully saturated rings. The summed E-state index contributed by atoms with van der Waals surface area (Å²) in [6.07, 6.45) is 0. The minimum atomic E-state index is -3.99. The summed E-state index contributed by atoms with van der Waals surface area (Å²) in [5, 5.41) is 12.0. The molecule has 7 nitrogen and oxygen atoms in total. The zero-order valence-corrected chi connectivity index (χ0v) is 18.2. The lowest BCUT2D eigenvalue weighted by Gasteiger charge is -2.15. The van der Waals surface area contributed by atoms with Gasteiger partial charge in [0.05, 0.1) is 17.2 Å². The van der Waals surface area contributed by atoms with Crippen molar-refractivity contribution in [2.75, 3.05) is 6.61 Å². The van der Waals surface area contributed by atoms with Gasteiger partial charge in [0.2, 0.25) is 10.0 Å². The van der Waals surface area contributed by atoms with Gasteiger partial charge in [-0.25, -0.2) is 13.4 Å². The third kappa shape index (κ3) is 5.71. The number of aromatic nitrogens is 1. The lowest BCUT2D eigenvalue weighted by molar-refractivity contribution is -0.148. The quantitative estimate of drug-likeness (QED) is 0.464. The lowest BCUT2D eigenvalue weighted by Crippen LogP contribution is -2.44. The molecule has 2 N–H and O–H groups in total. The van der Waals surface area contributed by atoms with Crippen molar-refractivity contribution in [3.63, 3.8) is 0 Å². The van der Waals surface area contributed by atoms with Crippen LogP contribution in [0.15, 0.2) is 69.3 Å². The van der Waals surface area contributed by atoms with Gasteiger partial charge in [-0.05, 0) is 24.3 Å². The van der Waals surface area contributed by atoms with Crippen LogP contribution in [0.1, 0.15) is 5.69 Å². The van der Waals surface area contributed by atoms with Crippen LogP contribution in [0.3, 0.4) is 0 Å². The Balaban J connectivity index is 1.61. The molecule has 0 spiro atoms. The molecule has 0 aliphatic rings. The van der Waals surface area contributed by atoms with Gasteiger partial charge in [-0.1, -0.05) is 46.3 Å². The lowest BCUT2D eigenvalue weighted by atomic mass is 10.2. The number of thiazole rings is 1. The number of aliphatic hydroxyl groups is 1. The van der Waals surface area contributed by atoms with E-state index in [-0.39, 0.29) is 11.5 Å². The first-order valence-corrected chi connectivity index (χ1v) is 11.6. The SMILES string of the molecule is O=C(OCc1csc(-c2ccccc2)n1)[C@@H](CO)NS(=O)(=O)c1ccc(Br)cc1. The third-order valence-electron chi connectivity index (χ3n) is 3.82. The predicted octanol–water partition coefficient (Wildman–Crippen LogP) is 2.96. The Kier molecular flexibility index (Phi) is 7.14. The summed E-state index contributed by atoms with van der Waals surface area (Å²) in [5.74, 6) is -0.887. The molecule has 1 heterocycles. The number of halogens is 1. The topological polar surface area (TPSA) is 106 Å². The van der Waals surface area contributed by atoms with Crippen molar-refractivity contribution < 1.29 is 23.1 Å². The van der Waals surface area contributed by atoms with Crippen LogP contribution in [-0.4, -0.2) is 37.1 Å². The van der Waals surface area contributed by atoms with Crippen molar-refractivity contribution in [2.24, 2.45) is 0 Å². The number of benzene rings is 2. The number of aliphatic hydroxyl groups excluding tert-OH is 1. The maximum Gasteiger partial charge on any atom is 0.326 e.